The van der Waals surface area contributed by atoms with E-state index in [4.69, 9.17) is 0 Å². The predicted molar refractivity (Wildman–Crippen MR) is 59.2 cm³/mol. The van der Waals surface area contributed by atoms with E-state index in [0.29, 0.717) is 12.5 Å². The molecule has 1 aliphatic rings. The summed E-state index contributed by atoms with van der Waals surface area (Å²) in [5.74, 6) is 0. The van der Waals surface area contributed by atoms with Gasteiger partial charge < -0.3 is 5.32 Å². The normalized spacial score (nSPS) is 26.7. The van der Waals surface area contributed by atoms with E-state index in [9.17, 15) is 4.39 Å². The van der Waals surface area contributed by atoms with Gasteiger partial charge >= 0.3 is 0 Å². The molecule has 82 valence electrons. The van der Waals surface area contributed by atoms with Crippen LogP contribution in [0.15, 0.2) is 11.6 Å². The number of piperidine rings is 1. The van der Waals surface area contributed by atoms with Gasteiger partial charge in [0.1, 0.15) is 5.67 Å². The molecule has 0 bridgehead atoms. The van der Waals surface area contributed by atoms with Crippen molar-refractivity contribution in [3.63, 3.8) is 0 Å². The molecule has 1 nitrogen and oxygen atoms in total. The first-order valence-electron chi connectivity index (χ1n) is 5.58. The molecular weight excluding hydrogens is 177 g/mol. The Labute approximate surface area is 86.8 Å². The van der Waals surface area contributed by atoms with Gasteiger partial charge in [0.15, 0.2) is 0 Å². The number of hydrogen-bond donors (Lipinski definition) is 1. The van der Waals surface area contributed by atoms with Crippen LogP contribution >= 0.6 is 0 Å². The van der Waals surface area contributed by atoms with Crippen LogP contribution in [0.2, 0.25) is 0 Å². The Morgan fingerprint density at radius 1 is 1.50 bits per heavy atom. The van der Waals surface area contributed by atoms with E-state index >= 15 is 0 Å². The minimum Gasteiger partial charge on any atom is -0.314 e. The lowest BCUT2D eigenvalue weighted by Crippen LogP contribution is -2.38. The second kappa shape index (κ2) is 4.92. The minimum atomic E-state index is -1.14. The number of rotatable bonds is 3. The Morgan fingerprint density at radius 2 is 2.21 bits per heavy atom. The van der Waals surface area contributed by atoms with E-state index in [1.165, 1.54) is 12.8 Å². The van der Waals surface area contributed by atoms with Gasteiger partial charge in [-0.3, -0.25) is 0 Å². The highest BCUT2D eigenvalue weighted by Crippen LogP contribution is 2.24. The summed E-state index contributed by atoms with van der Waals surface area (Å²) in [7, 11) is 0. The molecule has 0 aliphatic carbocycles. The zero-order valence-electron chi connectivity index (χ0n) is 9.57. The summed E-state index contributed by atoms with van der Waals surface area (Å²) in [4.78, 5) is 0. The van der Waals surface area contributed by atoms with Crippen LogP contribution < -0.4 is 5.32 Å². The van der Waals surface area contributed by atoms with Gasteiger partial charge in [-0.15, -0.1) is 0 Å². The largest absolute Gasteiger partial charge is 0.314 e. The van der Waals surface area contributed by atoms with Gasteiger partial charge in [-0.2, -0.15) is 0 Å². The summed E-state index contributed by atoms with van der Waals surface area (Å²) in [5.41, 5.74) is -0.0841. The molecular formula is C12H22FN. The Bertz CT molecular complexity index is 198. The van der Waals surface area contributed by atoms with Crippen molar-refractivity contribution in [3.8, 4) is 0 Å². The number of halogens is 1. The molecule has 1 N–H and O–H groups in total. The lowest BCUT2D eigenvalue weighted by atomic mass is 9.92. The Kier molecular flexibility index (Phi) is 4.11. The number of alkyl halides is 1. The maximum absolute atomic E-state index is 14.0. The van der Waals surface area contributed by atoms with Gasteiger partial charge in [-0.1, -0.05) is 12.0 Å². The lowest BCUT2D eigenvalue weighted by Gasteiger charge is -2.28. The molecule has 0 saturated carbocycles. The van der Waals surface area contributed by atoms with Crippen molar-refractivity contribution in [3.05, 3.63) is 11.6 Å². The molecule has 2 heteroatoms. The van der Waals surface area contributed by atoms with Gasteiger partial charge in [-0.05, 0) is 46.2 Å². The molecule has 1 fully saturated rings. The van der Waals surface area contributed by atoms with Crippen LogP contribution in [0, 0.1) is 0 Å². The first-order valence-corrected chi connectivity index (χ1v) is 5.58. The maximum atomic E-state index is 14.0. The van der Waals surface area contributed by atoms with Crippen LogP contribution in [0.5, 0.6) is 0 Å². The van der Waals surface area contributed by atoms with Crippen LogP contribution in [0.1, 0.15) is 46.5 Å². The highest BCUT2D eigenvalue weighted by Gasteiger charge is 2.25. The number of nitrogens with one attached hydrogen (secondary N) is 1. The molecule has 0 aromatic carbocycles. The maximum Gasteiger partial charge on any atom is 0.128 e. The average molecular weight is 199 g/mol. The summed E-state index contributed by atoms with van der Waals surface area (Å²) >= 11 is 0. The zero-order valence-corrected chi connectivity index (χ0v) is 9.57. The quantitative estimate of drug-likeness (QED) is 0.688. The van der Waals surface area contributed by atoms with Gasteiger partial charge in [0.25, 0.3) is 0 Å². The standard InChI is InChI=1S/C12H22FN/c1-10(2)8-12(3,13)9-11-6-4-5-7-14-11/h8,11,14H,4-7,9H2,1-3H3. The third-order valence-electron chi connectivity index (χ3n) is 2.65. The fraction of sp³-hybridized carbons (Fsp3) is 0.833. The molecule has 0 aromatic heterocycles. The Morgan fingerprint density at radius 3 is 2.71 bits per heavy atom. The molecule has 14 heavy (non-hydrogen) atoms. The zero-order chi connectivity index (χ0) is 10.6. The summed E-state index contributed by atoms with van der Waals surface area (Å²) < 4.78 is 14.0. The molecule has 1 heterocycles. The molecule has 1 rings (SSSR count). The minimum absolute atomic E-state index is 0.370. The molecule has 0 amide bonds. The van der Waals surface area contributed by atoms with Crippen molar-refractivity contribution in [1.29, 1.82) is 0 Å². The van der Waals surface area contributed by atoms with Crippen LogP contribution in [0.3, 0.4) is 0 Å². The van der Waals surface area contributed by atoms with Gasteiger partial charge in [0.05, 0.1) is 0 Å². The van der Waals surface area contributed by atoms with E-state index in [1.807, 2.05) is 13.8 Å². The van der Waals surface area contributed by atoms with Crippen molar-refractivity contribution in [2.75, 3.05) is 6.54 Å². The molecule has 2 unspecified atom stereocenters. The van der Waals surface area contributed by atoms with Crippen molar-refractivity contribution in [2.24, 2.45) is 0 Å². The first kappa shape index (κ1) is 11.7. The third kappa shape index (κ3) is 4.23. The van der Waals surface area contributed by atoms with Crippen molar-refractivity contribution in [1.82, 2.24) is 5.32 Å². The molecule has 2 atom stereocenters. The highest BCUT2D eigenvalue weighted by atomic mass is 19.1. The van der Waals surface area contributed by atoms with Crippen molar-refractivity contribution < 1.29 is 4.39 Å². The number of hydrogen-bond acceptors (Lipinski definition) is 1. The van der Waals surface area contributed by atoms with Crippen LogP contribution in [-0.4, -0.2) is 18.3 Å². The van der Waals surface area contributed by atoms with E-state index in [2.05, 4.69) is 5.32 Å². The Hall–Kier alpha value is -0.370. The highest BCUT2D eigenvalue weighted by molar-refractivity contribution is 5.06. The van der Waals surface area contributed by atoms with E-state index in [0.717, 1.165) is 18.5 Å². The Balaban J connectivity index is 2.44. The summed E-state index contributed by atoms with van der Waals surface area (Å²) in [6.45, 7) is 6.63. The fourth-order valence-corrected chi connectivity index (χ4v) is 2.24. The number of allylic oxidation sites excluding steroid dienone is 2. The van der Waals surface area contributed by atoms with Crippen molar-refractivity contribution >= 4 is 0 Å². The second-order valence-corrected chi connectivity index (χ2v) is 4.85. The SMILES string of the molecule is CC(C)=CC(C)(F)CC1CCCCN1. The third-order valence-corrected chi connectivity index (χ3v) is 2.65. The van der Waals surface area contributed by atoms with Crippen LogP contribution in [0.25, 0.3) is 0 Å². The predicted octanol–water partition coefficient (Wildman–Crippen LogP) is 3.21. The fourth-order valence-electron chi connectivity index (χ4n) is 2.24. The summed E-state index contributed by atoms with van der Waals surface area (Å²) in [6.07, 6.45) is 5.95. The van der Waals surface area contributed by atoms with E-state index in [-0.39, 0.29) is 0 Å². The van der Waals surface area contributed by atoms with Gasteiger partial charge in [-0.25, -0.2) is 4.39 Å². The van der Waals surface area contributed by atoms with E-state index < -0.39 is 5.67 Å². The molecule has 0 radical (unpaired) electrons. The summed E-state index contributed by atoms with van der Waals surface area (Å²) in [6, 6.07) is 0.370. The van der Waals surface area contributed by atoms with Crippen molar-refractivity contribution in [2.45, 2.75) is 58.2 Å². The lowest BCUT2D eigenvalue weighted by molar-refractivity contribution is 0.198. The second-order valence-electron chi connectivity index (χ2n) is 4.85. The van der Waals surface area contributed by atoms with Gasteiger partial charge in [0.2, 0.25) is 0 Å². The molecule has 0 spiro atoms. The molecule has 1 saturated heterocycles. The molecule has 0 aromatic rings. The molecule has 1 aliphatic heterocycles. The van der Waals surface area contributed by atoms with E-state index in [1.54, 1.807) is 13.0 Å². The monoisotopic (exact) mass is 199 g/mol. The van der Waals surface area contributed by atoms with Crippen LogP contribution in [-0.2, 0) is 0 Å². The first-order chi connectivity index (χ1) is 6.49. The van der Waals surface area contributed by atoms with Crippen LogP contribution in [0.4, 0.5) is 4.39 Å². The smallest absolute Gasteiger partial charge is 0.128 e. The van der Waals surface area contributed by atoms with Gasteiger partial charge in [0, 0.05) is 12.5 Å². The summed E-state index contributed by atoms with van der Waals surface area (Å²) in [5, 5.41) is 3.38. The topological polar surface area (TPSA) is 12.0 Å². The average Bonchev–Trinajstić information content (AvgIpc) is 2.02.